The molecule has 0 aliphatic heterocycles. The third-order valence-electron chi connectivity index (χ3n) is 4.89. The van der Waals surface area contributed by atoms with Crippen molar-refractivity contribution in [2.45, 2.75) is 19.9 Å². The summed E-state index contributed by atoms with van der Waals surface area (Å²) in [6.07, 6.45) is 0. The maximum absolute atomic E-state index is 13.4. The molecule has 0 spiro atoms. The summed E-state index contributed by atoms with van der Waals surface area (Å²) in [5.74, 6) is 1.52. The highest BCUT2D eigenvalue weighted by molar-refractivity contribution is 7.17. The lowest BCUT2D eigenvalue weighted by Gasteiger charge is -2.18. The minimum Gasteiger partial charge on any atom is -0.497 e. The topological polar surface area (TPSA) is 44.1 Å². The van der Waals surface area contributed by atoms with E-state index in [2.05, 4.69) is 0 Å². The van der Waals surface area contributed by atoms with E-state index in [-0.39, 0.29) is 11.6 Å². The zero-order chi connectivity index (χ0) is 19.0. The molecular weight excluding hydrogens is 356 g/mol. The standard InChI is InChI=1S/C22H20N2O2S/c1-14(16-7-5-4-6-8-16)24-15(2)23-21-20(22(24)25)19(13-27-21)17-9-11-18(26-3)12-10-17/h4-14H,1-3H3. The van der Waals surface area contributed by atoms with Crippen LogP contribution in [0, 0.1) is 6.92 Å². The van der Waals surface area contributed by atoms with Crippen molar-refractivity contribution in [1.82, 2.24) is 9.55 Å². The molecule has 1 atom stereocenters. The van der Waals surface area contributed by atoms with Crippen LogP contribution in [0.2, 0.25) is 0 Å². The smallest absolute Gasteiger partial charge is 0.263 e. The van der Waals surface area contributed by atoms with E-state index in [1.807, 2.05) is 73.8 Å². The number of rotatable bonds is 4. The third-order valence-corrected chi connectivity index (χ3v) is 5.76. The van der Waals surface area contributed by atoms with Crippen molar-refractivity contribution in [3.8, 4) is 16.9 Å². The Morgan fingerprint density at radius 1 is 1.07 bits per heavy atom. The van der Waals surface area contributed by atoms with Gasteiger partial charge >= 0.3 is 0 Å². The van der Waals surface area contributed by atoms with Gasteiger partial charge in [0, 0.05) is 10.9 Å². The van der Waals surface area contributed by atoms with Crippen LogP contribution in [0.15, 0.2) is 64.8 Å². The molecule has 0 N–H and O–H groups in total. The van der Waals surface area contributed by atoms with Crippen LogP contribution < -0.4 is 10.3 Å². The van der Waals surface area contributed by atoms with Crippen LogP contribution in [0.1, 0.15) is 24.4 Å². The fourth-order valence-corrected chi connectivity index (χ4v) is 4.41. The average Bonchev–Trinajstić information content (AvgIpc) is 3.12. The minimum absolute atomic E-state index is 0.000853. The van der Waals surface area contributed by atoms with E-state index in [1.165, 1.54) is 11.3 Å². The molecule has 27 heavy (non-hydrogen) atoms. The van der Waals surface area contributed by atoms with E-state index in [1.54, 1.807) is 11.7 Å². The zero-order valence-electron chi connectivity index (χ0n) is 15.5. The van der Waals surface area contributed by atoms with Crippen LogP contribution in [0.5, 0.6) is 5.75 Å². The molecule has 0 amide bonds. The van der Waals surface area contributed by atoms with Crippen LogP contribution in [0.3, 0.4) is 0 Å². The first-order chi connectivity index (χ1) is 13.1. The largest absolute Gasteiger partial charge is 0.497 e. The Morgan fingerprint density at radius 3 is 2.44 bits per heavy atom. The number of hydrogen-bond donors (Lipinski definition) is 0. The Kier molecular flexibility index (Phi) is 4.54. The number of fused-ring (bicyclic) bond motifs is 1. The third kappa shape index (κ3) is 3.04. The Hall–Kier alpha value is -2.92. The van der Waals surface area contributed by atoms with Crippen molar-refractivity contribution in [2.75, 3.05) is 7.11 Å². The predicted octanol–water partition coefficient (Wildman–Crippen LogP) is 5.05. The predicted molar refractivity (Wildman–Crippen MR) is 111 cm³/mol. The molecule has 1 unspecified atom stereocenters. The summed E-state index contributed by atoms with van der Waals surface area (Å²) in [5.41, 5.74) is 3.00. The molecule has 4 aromatic rings. The maximum Gasteiger partial charge on any atom is 0.263 e. The number of aryl methyl sites for hydroxylation is 1. The molecule has 4 rings (SSSR count). The Labute approximate surface area is 161 Å². The number of benzene rings is 2. The normalized spacial score (nSPS) is 12.3. The molecular formula is C22H20N2O2S. The van der Waals surface area contributed by atoms with Crippen LogP contribution in [0.4, 0.5) is 0 Å². The van der Waals surface area contributed by atoms with Gasteiger partial charge < -0.3 is 4.74 Å². The van der Waals surface area contributed by atoms with Gasteiger partial charge in [-0.2, -0.15) is 0 Å². The second kappa shape index (κ2) is 7.00. The lowest BCUT2D eigenvalue weighted by Crippen LogP contribution is -2.27. The van der Waals surface area contributed by atoms with Gasteiger partial charge in [0.25, 0.3) is 5.56 Å². The summed E-state index contributed by atoms with van der Waals surface area (Å²) < 4.78 is 7.03. The second-order valence-electron chi connectivity index (χ2n) is 6.48. The van der Waals surface area contributed by atoms with E-state index in [0.717, 1.165) is 33.1 Å². The van der Waals surface area contributed by atoms with Gasteiger partial charge in [-0.25, -0.2) is 4.98 Å². The van der Waals surface area contributed by atoms with Gasteiger partial charge in [0.2, 0.25) is 0 Å². The average molecular weight is 376 g/mol. The number of ether oxygens (including phenoxy) is 1. The number of aromatic nitrogens is 2. The van der Waals surface area contributed by atoms with Gasteiger partial charge in [-0.05, 0) is 37.1 Å². The number of hydrogen-bond acceptors (Lipinski definition) is 4. The van der Waals surface area contributed by atoms with E-state index >= 15 is 0 Å². The molecule has 0 saturated carbocycles. The fraction of sp³-hybridized carbons (Fsp3) is 0.182. The highest BCUT2D eigenvalue weighted by Crippen LogP contribution is 2.32. The first kappa shape index (κ1) is 17.5. The van der Waals surface area contributed by atoms with Crippen LogP contribution in [-0.4, -0.2) is 16.7 Å². The summed E-state index contributed by atoms with van der Waals surface area (Å²) in [4.78, 5) is 18.9. The molecule has 5 heteroatoms. The molecule has 2 heterocycles. The first-order valence-corrected chi connectivity index (χ1v) is 9.68. The van der Waals surface area contributed by atoms with Crippen LogP contribution >= 0.6 is 11.3 Å². The molecule has 136 valence electrons. The lowest BCUT2D eigenvalue weighted by atomic mass is 10.1. The van der Waals surface area contributed by atoms with Gasteiger partial charge in [0.15, 0.2) is 0 Å². The summed E-state index contributed by atoms with van der Waals surface area (Å²) in [6.45, 7) is 3.93. The van der Waals surface area contributed by atoms with Gasteiger partial charge in [-0.3, -0.25) is 9.36 Å². The molecule has 0 aliphatic carbocycles. The minimum atomic E-state index is -0.0841. The summed E-state index contributed by atoms with van der Waals surface area (Å²) in [5, 5.41) is 2.69. The molecule has 0 aliphatic rings. The quantitative estimate of drug-likeness (QED) is 0.500. The number of nitrogens with zero attached hydrogens (tertiary/aromatic N) is 2. The van der Waals surface area contributed by atoms with Crippen LogP contribution in [-0.2, 0) is 0 Å². The SMILES string of the molecule is COc1ccc(-c2csc3nc(C)n(C(C)c4ccccc4)c(=O)c23)cc1. The van der Waals surface area contributed by atoms with Gasteiger partial charge in [-0.15, -0.1) is 11.3 Å². The molecule has 2 aromatic carbocycles. The van der Waals surface area contributed by atoms with Crippen molar-refractivity contribution in [3.63, 3.8) is 0 Å². The van der Waals surface area contributed by atoms with Gasteiger partial charge in [0.1, 0.15) is 16.4 Å². The fourth-order valence-electron chi connectivity index (χ4n) is 3.42. The highest BCUT2D eigenvalue weighted by atomic mass is 32.1. The molecule has 0 bridgehead atoms. The van der Waals surface area contributed by atoms with Crippen molar-refractivity contribution < 1.29 is 4.74 Å². The van der Waals surface area contributed by atoms with E-state index < -0.39 is 0 Å². The van der Waals surface area contributed by atoms with Gasteiger partial charge in [-0.1, -0.05) is 42.5 Å². The van der Waals surface area contributed by atoms with Crippen molar-refractivity contribution in [2.24, 2.45) is 0 Å². The Morgan fingerprint density at radius 2 is 1.78 bits per heavy atom. The summed E-state index contributed by atoms with van der Waals surface area (Å²) >= 11 is 1.51. The molecule has 2 aromatic heterocycles. The monoisotopic (exact) mass is 376 g/mol. The molecule has 0 saturated heterocycles. The van der Waals surface area contributed by atoms with Crippen LogP contribution in [0.25, 0.3) is 21.3 Å². The van der Waals surface area contributed by atoms with Gasteiger partial charge in [0.05, 0.1) is 18.5 Å². The Balaban J connectivity index is 1.91. The van der Waals surface area contributed by atoms with E-state index in [0.29, 0.717) is 5.39 Å². The molecule has 0 fully saturated rings. The maximum atomic E-state index is 13.4. The van der Waals surface area contributed by atoms with E-state index in [9.17, 15) is 4.79 Å². The molecule has 0 radical (unpaired) electrons. The van der Waals surface area contributed by atoms with Crippen molar-refractivity contribution >= 4 is 21.6 Å². The number of methoxy groups -OCH3 is 1. The van der Waals surface area contributed by atoms with Crippen molar-refractivity contribution in [3.05, 3.63) is 81.7 Å². The van der Waals surface area contributed by atoms with E-state index in [4.69, 9.17) is 9.72 Å². The number of thiophene rings is 1. The highest BCUT2D eigenvalue weighted by Gasteiger charge is 2.19. The first-order valence-electron chi connectivity index (χ1n) is 8.80. The Bertz CT molecular complexity index is 1140. The van der Waals surface area contributed by atoms with Crippen molar-refractivity contribution in [1.29, 1.82) is 0 Å². The second-order valence-corrected chi connectivity index (χ2v) is 7.34. The lowest BCUT2D eigenvalue weighted by molar-refractivity contribution is 0.415. The summed E-state index contributed by atoms with van der Waals surface area (Å²) in [6, 6.07) is 17.7. The zero-order valence-corrected chi connectivity index (χ0v) is 16.3. The summed E-state index contributed by atoms with van der Waals surface area (Å²) in [7, 11) is 1.64. The molecule has 4 nitrogen and oxygen atoms in total.